The van der Waals surface area contributed by atoms with E-state index in [1.165, 1.54) is 9.80 Å². The Hall–Kier alpha value is -3.14. The van der Waals surface area contributed by atoms with Gasteiger partial charge in [-0.3, -0.25) is 19.8 Å². The minimum absolute atomic E-state index is 0.0446. The second kappa shape index (κ2) is 11.7. The molecule has 5 amide bonds. The van der Waals surface area contributed by atoms with E-state index in [1.54, 1.807) is 12.1 Å². The van der Waals surface area contributed by atoms with Crippen LogP contribution in [0.1, 0.15) is 54.4 Å². The molecule has 1 aromatic rings. The number of rotatable bonds is 7. The first-order valence-electron chi connectivity index (χ1n) is 12.9. The highest BCUT2D eigenvalue weighted by Gasteiger charge is 2.28. The molecule has 4 rings (SSSR count). The Morgan fingerprint density at radius 3 is 2.33 bits per heavy atom. The summed E-state index contributed by atoms with van der Waals surface area (Å²) in [6.07, 6.45) is 3.95. The molecule has 0 radical (unpaired) electrons. The second-order valence-corrected chi connectivity index (χ2v) is 10.1. The maximum Gasteiger partial charge on any atom is 0.407 e. The minimum Gasteiger partial charge on any atom is -0.465 e. The zero-order valence-corrected chi connectivity index (χ0v) is 20.9. The third kappa shape index (κ3) is 6.34. The molecular weight excluding hydrogens is 464 g/mol. The molecule has 2 N–H and O–H groups in total. The fourth-order valence-corrected chi connectivity index (χ4v) is 5.23. The van der Waals surface area contributed by atoms with Gasteiger partial charge in [-0.2, -0.15) is 0 Å². The molecule has 0 atom stereocenters. The third-order valence-electron chi connectivity index (χ3n) is 7.61. The van der Waals surface area contributed by atoms with Crippen LogP contribution in [0.2, 0.25) is 0 Å². The van der Waals surface area contributed by atoms with Crippen LogP contribution in [0.25, 0.3) is 0 Å². The molecule has 0 aromatic heterocycles. The van der Waals surface area contributed by atoms with Crippen LogP contribution in [0.5, 0.6) is 0 Å². The molecule has 0 saturated carbocycles. The van der Waals surface area contributed by atoms with Gasteiger partial charge in [-0.15, -0.1) is 0 Å². The van der Waals surface area contributed by atoms with Crippen molar-refractivity contribution in [3.05, 3.63) is 29.3 Å². The number of nitrogens with one attached hydrogen (secondary N) is 1. The number of piperidine rings is 2. The lowest BCUT2D eigenvalue weighted by Gasteiger charge is -2.33. The first-order chi connectivity index (χ1) is 17.3. The standard InChI is InChI=1S/C26H36N4O6/c1-18-2-3-21(16-22(18)30-14-8-23(31)27-25(30)33)24(32)28-10-6-20(7-11-28)17-36-15-9-19-4-12-29(13-5-19)26(34)35/h2-3,16,19-20H,4-15,17H2,1H3,(H,34,35)(H,27,31,33). The average molecular weight is 501 g/mol. The van der Waals surface area contributed by atoms with E-state index in [-0.39, 0.29) is 18.2 Å². The van der Waals surface area contributed by atoms with Gasteiger partial charge >= 0.3 is 12.1 Å². The molecule has 0 aliphatic carbocycles. The van der Waals surface area contributed by atoms with Crippen molar-refractivity contribution in [2.45, 2.75) is 45.4 Å². The maximum atomic E-state index is 13.2. The first-order valence-corrected chi connectivity index (χ1v) is 12.9. The van der Waals surface area contributed by atoms with Gasteiger partial charge in [0, 0.05) is 63.6 Å². The number of ether oxygens (including phenoxy) is 1. The zero-order chi connectivity index (χ0) is 25.7. The fraction of sp³-hybridized carbons (Fsp3) is 0.615. The summed E-state index contributed by atoms with van der Waals surface area (Å²) in [6.45, 7) is 6.13. The van der Waals surface area contributed by atoms with Gasteiger partial charge in [0.05, 0.1) is 0 Å². The Morgan fingerprint density at radius 1 is 1.00 bits per heavy atom. The first kappa shape index (κ1) is 25.9. The van der Waals surface area contributed by atoms with E-state index < -0.39 is 12.1 Å². The molecule has 3 saturated heterocycles. The summed E-state index contributed by atoms with van der Waals surface area (Å²) in [4.78, 5) is 52.8. The highest BCUT2D eigenvalue weighted by atomic mass is 16.5. The van der Waals surface area contributed by atoms with Crippen molar-refractivity contribution in [1.29, 1.82) is 0 Å². The van der Waals surface area contributed by atoms with E-state index in [2.05, 4.69) is 5.32 Å². The largest absolute Gasteiger partial charge is 0.465 e. The summed E-state index contributed by atoms with van der Waals surface area (Å²) in [7, 11) is 0. The molecule has 0 spiro atoms. The molecule has 3 aliphatic heterocycles. The number of hydrogen-bond donors (Lipinski definition) is 2. The normalized spacial score (nSPS) is 20.0. The number of nitrogens with zero attached hydrogens (tertiary/aromatic N) is 3. The highest BCUT2D eigenvalue weighted by Crippen LogP contribution is 2.26. The van der Waals surface area contributed by atoms with Crippen LogP contribution in [0, 0.1) is 18.8 Å². The van der Waals surface area contributed by atoms with Crippen molar-refractivity contribution in [2.75, 3.05) is 50.8 Å². The molecule has 0 unspecified atom stereocenters. The van der Waals surface area contributed by atoms with E-state index >= 15 is 0 Å². The lowest BCUT2D eigenvalue weighted by Crippen LogP contribution is -2.49. The third-order valence-corrected chi connectivity index (χ3v) is 7.61. The Balaban J connectivity index is 1.20. The van der Waals surface area contributed by atoms with E-state index in [0.29, 0.717) is 69.0 Å². The molecule has 36 heavy (non-hydrogen) atoms. The van der Waals surface area contributed by atoms with Gasteiger partial charge < -0.3 is 19.6 Å². The predicted octanol–water partition coefficient (Wildman–Crippen LogP) is 3.09. The van der Waals surface area contributed by atoms with Gasteiger partial charge in [0.2, 0.25) is 5.91 Å². The molecule has 196 valence electrons. The lowest BCUT2D eigenvalue weighted by molar-refractivity contribution is -0.120. The maximum absolute atomic E-state index is 13.2. The second-order valence-electron chi connectivity index (χ2n) is 10.1. The minimum atomic E-state index is -0.829. The summed E-state index contributed by atoms with van der Waals surface area (Å²) in [6, 6.07) is 4.94. The molecular formula is C26H36N4O6. The van der Waals surface area contributed by atoms with Crippen LogP contribution in [0.15, 0.2) is 18.2 Å². The molecule has 10 heteroatoms. The number of benzene rings is 1. The van der Waals surface area contributed by atoms with Crippen LogP contribution >= 0.6 is 0 Å². The number of amides is 5. The number of likely N-dealkylation sites (tertiary alicyclic amines) is 2. The molecule has 3 aliphatic rings. The van der Waals surface area contributed by atoms with Crippen molar-refractivity contribution in [1.82, 2.24) is 15.1 Å². The van der Waals surface area contributed by atoms with Crippen molar-refractivity contribution in [2.24, 2.45) is 11.8 Å². The molecule has 3 heterocycles. The van der Waals surface area contributed by atoms with Gasteiger partial charge in [0.25, 0.3) is 5.91 Å². The number of aryl methyl sites for hydroxylation is 1. The quantitative estimate of drug-likeness (QED) is 0.556. The van der Waals surface area contributed by atoms with Crippen LogP contribution < -0.4 is 10.2 Å². The summed E-state index contributed by atoms with van der Waals surface area (Å²) in [5.74, 6) is 0.618. The van der Waals surface area contributed by atoms with Crippen LogP contribution in [-0.4, -0.2) is 84.8 Å². The SMILES string of the molecule is Cc1ccc(C(=O)N2CCC(COCCC3CCN(C(=O)O)CC3)CC2)cc1N1CCC(=O)NC1=O. The molecule has 1 aromatic carbocycles. The van der Waals surface area contributed by atoms with E-state index in [9.17, 15) is 19.2 Å². The number of carbonyl (C=O) groups is 4. The lowest BCUT2D eigenvalue weighted by atomic mass is 9.94. The van der Waals surface area contributed by atoms with Gasteiger partial charge in [0.15, 0.2) is 0 Å². The Kier molecular flexibility index (Phi) is 8.45. The topological polar surface area (TPSA) is 119 Å². The summed E-state index contributed by atoms with van der Waals surface area (Å²) < 4.78 is 5.94. The fourth-order valence-electron chi connectivity index (χ4n) is 5.23. The van der Waals surface area contributed by atoms with Crippen LogP contribution in [0.3, 0.4) is 0 Å². The van der Waals surface area contributed by atoms with Crippen molar-refractivity contribution < 1.29 is 29.0 Å². The number of anilines is 1. The highest BCUT2D eigenvalue weighted by molar-refractivity contribution is 6.06. The van der Waals surface area contributed by atoms with Gasteiger partial charge in [-0.05, 0) is 68.6 Å². The van der Waals surface area contributed by atoms with Crippen LogP contribution in [0.4, 0.5) is 15.3 Å². The Morgan fingerprint density at radius 2 is 1.67 bits per heavy atom. The van der Waals surface area contributed by atoms with Gasteiger partial charge in [-0.1, -0.05) is 6.07 Å². The van der Waals surface area contributed by atoms with Crippen LogP contribution in [-0.2, 0) is 9.53 Å². The predicted molar refractivity (Wildman–Crippen MR) is 133 cm³/mol. The number of carboxylic acid groups (broad SMARTS) is 1. The summed E-state index contributed by atoms with van der Waals surface area (Å²) in [5, 5.41) is 11.4. The Bertz CT molecular complexity index is 983. The summed E-state index contributed by atoms with van der Waals surface area (Å²) >= 11 is 0. The number of hydrogen-bond acceptors (Lipinski definition) is 5. The molecule has 10 nitrogen and oxygen atoms in total. The number of urea groups is 1. The van der Waals surface area contributed by atoms with Gasteiger partial charge in [0.1, 0.15) is 0 Å². The smallest absolute Gasteiger partial charge is 0.407 e. The van der Waals surface area contributed by atoms with E-state index in [4.69, 9.17) is 9.84 Å². The average Bonchev–Trinajstić information content (AvgIpc) is 2.87. The van der Waals surface area contributed by atoms with Crippen molar-refractivity contribution in [3.63, 3.8) is 0 Å². The number of imide groups is 1. The van der Waals surface area contributed by atoms with Crippen molar-refractivity contribution in [3.8, 4) is 0 Å². The van der Waals surface area contributed by atoms with Crippen molar-refractivity contribution >= 4 is 29.6 Å². The Labute approximate surface area is 211 Å². The monoisotopic (exact) mass is 500 g/mol. The molecule has 0 bridgehead atoms. The number of carbonyl (C=O) groups excluding carboxylic acids is 3. The molecule has 3 fully saturated rings. The summed E-state index contributed by atoms with van der Waals surface area (Å²) in [5.41, 5.74) is 2.08. The zero-order valence-electron chi connectivity index (χ0n) is 20.9. The van der Waals surface area contributed by atoms with E-state index in [0.717, 1.165) is 37.7 Å². The van der Waals surface area contributed by atoms with Gasteiger partial charge in [-0.25, -0.2) is 9.59 Å². The van der Waals surface area contributed by atoms with E-state index in [1.807, 2.05) is 17.9 Å².